The highest BCUT2D eigenvalue weighted by Gasteiger charge is 2.51. The van der Waals surface area contributed by atoms with Crippen molar-refractivity contribution in [1.29, 1.82) is 0 Å². The van der Waals surface area contributed by atoms with Crippen LogP contribution in [-0.2, 0) is 4.79 Å². The molecule has 0 unspecified atom stereocenters. The number of nitrogens with one attached hydrogen (secondary N) is 1. The van der Waals surface area contributed by atoms with Gasteiger partial charge in [-0.05, 0) is 86.3 Å². The molecule has 4 fully saturated rings. The Labute approximate surface area is 151 Å². The highest BCUT2D eigenvalue weighted by Crippen LogP contribution is 2.55. The lowest BCUT2D eigenvalue weighted by Gasteiger charge is -2.56. The molecule has 0 aromatic heterocycles. The number of ether oxygens (including phenoxy) is 1. The summed E-state index contributed by atoms with van der Waals surface area (Å²) in [5.41, 5.74) is 1.41. The largest absolute Gasteiger partial charge is 0.484 e. The van der Waals surface area contributed by atoms with Gasteiger partial charge in [-0.25, -0.2) is 0 Å². The second-order valence-corrected chi connectivity index (χ2v) is 8.91. The summed E-state index contributed by atoms with van der Waals surface area (Å²) in [6, 6.07) is 8.19. The van der Waals surface area contributed by atoms with Gasteiger partial charge in [0.05, 0.1) is 0 Å². The molecule has 3 heteroatoms. The van der Waals surface area contributed by atoms with Crippen LogP contribution in [0.3, 0.4) is 0 Å². The first-order valence-electron chi connectivity index (χ1n) is 10.1. The molecule has 0 spiro atoms. The van der Waals surface area contributed by atoms with Gasteiger partial charge in [-0.2, -0.15) is 0 Å². The molecule has 1 atom stereocenters. The van der Waals surface area contributed by atoms with Crippen LogP contribution in [0.2, 0.25) is 0 Å². The van der Waals surface area contributed by atoms with Crippen LogP contribution in [0.1, 0.15) is 70.3 Å². The maximum absolute atomic E-state index is 12.5. The fraction of sp³-hybridized carbons (Fsp3) is 0.682. The van der Waals surface area contributed by atoms with Gasteiger partial charge in [0.1, 0.15) is 5.75 Å². The number of hydrogen-bond donors (Lipinski definition) is 1. The van der Waals surface area contributed by atoms with Crippen molar-refractivity contribution in [1.82, 2.24) is 5.32 Å². The molecule has 136 valence electrons. The molecule has 0 aliphatic heterocycles. The Kier molecular flexibility index (Phi) is 4.51. The van der Waals surface area contributed by atoms with Gasteiger partial charge in [0.2, 0.25) is 0 Å². The molecule has 4 aliphatic carbocycles. The summed E-state index contributed by atoms with van der Waals surface area (Å²) in [6.45, 7) is 4.56. The van der Waals surface area contributed by atoms with E-state index in [0.717, 1.165) is 29.9 Å². The van der Waals surface area contributed by atoms with Gasteiger partial charge in [0, 0.05) is 5.54 Å². The maximum Gasteiger partial charge on any atom is 0.258 e. The van der Waals surface area contributed by atoms with Crippen molar-refractivity contribution in [2.24, 2.45) is 17.8 Å². The summed E-state index contributed by atoms with van der Waals surface area (Å²) >= 11 is 0. The van der Waals surface area contributed by atoms with Crippen LogP contribution in [0, 0.1) is 17.8 Å². The summed E-state index contributed by atoms with van der Waals surface area (Å²) in [4.78, 5) is 12.5. The summed E-state index contributed by atoms with van der Waals surface area (Å²) in [7, 11) is 0. The SMILES string of the molecule is CC[C@@H](C)c1ccc(OCC(=O)NC23CC4CC(CC(C4)C2)C3)cc1. The molecule has 4 saturated carbocycles. The molecule has 5 rings (SSSR count). The van der Waals surface area contributed by atoms with Gasteiger partial charge in [-0.1, -0.05) is 26.0 Å². The lowest BCUT2D eigenvalue weighted by molar-refractivity contribution is -0.128. The number of carbonyl (C=O) groups is 1. The predicted molar refractivity (Wildman–Crippen MR) is 99.7 cm³/mol. The van der Waals surface area contributed by atoms with Gasteiger partial charge in [-0.3, -0.25) is 4.79 Å². The molecular weight excluding hydrogens is 310 g/mol. The van der Waals surface area contributed by atoms with Crippen molar-refractivity contribution < 1.29 is 9.53 Å². The molecule has 0 heterocycles. The second kappa shape index (κ2) is 6.66. The molecule has 4 bridgehead atoms. The summed E-state index contributed by atoms with van der Waals surface area (Å²) in [5.74, 6) is 3.94. The number of hydrogen-bond acceptors (Lipinski definition) is 2. The van der Waals surface area contributed by atoms with Gasteiger partial charge < -0.3 is 10.1 Å². The molecule has 25 heavy (non-hydrogen) atoms. The summed E-state index contributed by atoms with van der Waals surface area (Å²) < 4.78 is 5.74. The van der Waals surface area contributed by atoms with Crippen LogP contribution < -0.4 is 10.1 Å². The first kappa shape index (κ1) is 16.9. The zero-order valence-corrected chi connectivity index (χ0v) is 15.6. The van der Waals surface area contributed by atoms with E-state index >= 15 is 0 Å². The van der Waals surface area contributed by atoms with Crippen LogP contribution in [0.4, 0.5) is 0 Å². The van der Waals surface area contributed by atoms with Crippen molar-refractivity contribution >= 4 is 5.91 Å². The van der Waals surface area contributed by atoms with E-state index in [-0.39, 0.29) is 18.1 Å². The Morgan fingerprint density at radius 3 is 2.20 bits per heavy atom. The van der Waals surface area contributed by atoms with Crippen molar-refractivity contribution in [3.05, 3.63) is 29.8 Å². The van der Waals surface area contributed by atoms with Crippen molar-refractivity contribution in [2.75, 3.05) is 6.61 Å². The van der Waals surface area contributed by atoms with E-state index in [1.807, 2.05) is 12.1 Å². The topological polar surface area (TPSA) is 38.3 Å². The lowest BCUT2D eigenvalue weighted by atomic mass is 9.53. The van der Waals surface area contributed by atoms with E-state index in [9.17, 15) is 4.79 Å². The molecule has 3 nitrogen and oxygen atoms in total. The minimum absolute atomic E-state index is 0.0490. The number of rotatable bonds is 6. The zero-order chi connectivity index (χ0) is 17.4. The van der Waals surface area contributed by atoms with E-state index in [0.29, 0.717) is 5.92 Å². The highest BCUT2D eigenvalue weighted by molar-refractivity contribution is 5.78. The van der Waals surface area contributed by atoms with Crippen LogP contribution >= 0.6 is 0 Å². The normalized spacial score (nSPS) is 33.9. The van der Waals surface area contributed by atoms with Crippen molar-refractivity contribution in [3.63, 3.8) is 0 Å². The average molecular weight is 341 g/mol. The molecule has 1 N–H and O–H groups in total. The van der Waals surface area contributed by atoms with Gasteiger partial charge >= 0.3 is 0 Å². The fourth-order valence-corrected chi connectivity index (χ4v) is 5.87. The third-order valence-electron chi connectivity index (χ3n) is 6.87. The van der Waals surface area contributed by atoms with Crippen LogP contribution in [0.25, 0.3) is 0 Å². The van der Waals surface area contributed by atoms with Crippen molar-refractivity contribution in [3.8, 4) is 5.75 Å². The molecule has 1 aromatic carbocycles. The van der Waals surface area contributed by atoms with Crippen LogP contribution in [0.5, 0.6) is 5.75 Å². The molecule has 0 radical (unpaired) electrons. The third-order valence-corrected chi connectivity index (χ3v) is 6.87. The quantitative estimate of drug-likeness (QED) is 0.817. The second-order valence-electron chi connectivity index (χ2n) is 8.91. The molecule has 1 amide bonds. The minimum Gasteiger partial charge on any atom is -0.484 e. The fourth-order valence-electron chi connectivity index (χ4n) is 5.87. The average Bonchev–Trinajstić information content (AvgIpc) is 2.58. The Hall–Kier alpha value is -1.51. The molecule has 1 aromatic rings. The van der Waals surface area contributed by atoms with E-state index in [2.05, 4.69) is 31.3 Å². The summed E-state index contributed by atoms with van der Waals surface area (Å²) in [6.07, 6.45) is 8.89. The Morgan fingerprint density at radius 2 is 1.68 bits per heavy atom. The smallest absolute Gasteiger partial charge is 0.258 e. The monoisotopic (exact) mass is 341 g/mol. The first-order chi connectivity index (χ1) is 12.0. The standard InChI is InChI=1S/C22H31NO2/c1-3-15(2)19-4-6-20(7-5-19)25-14-21(24)23-22-11-16-8-17(12-22)10-18(9-16)13-22/h4-7,15-18H,3,8-14H2,1-2H3,(H,23,24)/t15-,16?,17?,18?,22?/m1/s1. The van der Waals surface area contributed by atoms with Gasteiger partial charge in [0.15, 0.2) is 6.61 Å². The lowest BCUT2D eigenvalue weighted by Crippen LogP contribution is -2.60. The van der Waals surface area contributed by atoms with Crippen molar-refractivity contribution in [2.45, 2.75) is 70.3 Å². The van der Waals surface area contributed by atoms with Gasteiger partial charge in [0.25, 0.3) is 5.91 Å². The Balaban J connectivity index is 1.31. The predicted octanol–water partition coefficient (Wildman–Crippen LogP) is 4.66. The first-order valence-corrected chi connectivity index (χ1v) is 10.1. The van der Waals surface area contributed by atoms with E-state index in [4.69, 9.17) is 4.74 Å². The number of carbonyl (C=O) groups excluding carboxylic acids is 1. The van der Waals surface area contributed by atoms with Crippen LogP contribution in [-0.4, -0.2) is 18.1 Å². The van der Waals surface area contributed by atoms with Crippen LogP contribution in [0.15, 0.2) is 24.3 Å². The van der Waals surface area contributed by atoms with E-state index in [1.54, 1.807) is 0 Å². The maximum atomic E-state index is 12.5. The molecule has 4 aliphatic rings. The minimum atomic E-state index is 0.0490. The van der Waals surface area contributed by atoms with Gasteiger partial charge in [-0.15, -0.1) is 0 Å². The number of amides is 1. The zero-order valence-electron chi connectivity index (χ0n) is 15.6. The Morgan fingerprint density at radius 1 is 1.12 bits per heavy atom. The van der Waals surface area contributed by atoms with E-state index in [1.165, 1.54) is 44.1 Å². The highest BCUT2D eigenvalue weighted by atomic mass is 16.5. The molecule has 0 saturated heterocycles. The summed E-state index contributed by atoms with van der Waals surface area (Å²) in [5, 5.41) is 3.37. The third kappa shape index (κ3) is 3.56. The van der Waals surface area contributed by atoms with E-state index < -0.39 is 0 Å². The number of benzene rings is 1. The molecular formula is C22H31NO2. The Bertz CT molecular complexity index is 586.